The highest BCUT2D eigenvalue weighted by molar-refractivity contribution is 5.77. The van der Waals surface area contributed by atoms with E-state index in [1.807, 2.05) is 0 Å². The normalized spacial score (nSPS) is 29.4. The molecule has 1 rings (SSSR count). The Morgan fingerprint density at radius 2 is 2.00 bits per heavy atom. The SMILES string of the molecule is CC(C)CNC(=O)CNC1CCCC(C)C1C. The average Bonchev–Trinajstić information content (AvgIpc) is 2.28. The van der Waals surface area contributed by atoms with Crippen molar-refractivity contribution in [2.24, 2.45) is 17.8 Å². The molecule has 1 amide bonds. The molecule has 1 aliphatic carbocycles. The molecule has 0 aromatic rings. The van der Waals surface area contributed by atoms with Gasteiger partial charge in [-0.25, -0.2) is 0 Å². The predicted octanol–water partition coefficient (Wildman–Crippen LogP) is 2.17. The molecule has 3 unspecified atom stereocenters. The first kappa shape index (κ1) is 14.5. The average molecular weight is 240 g/mol. The second-order valence-corrected chi connectivity index (χ2v) is 5.95. The van der Waals surface area contributed by atoms with Gasteiger partial charge in [0.15, 0.2) is 0 Å². The van der Waals surface area contributed by atoms with Crippen LogP contribution in [0.3, 0.4) is 0 Å². The Balaban J connectivity index is 2.22. The van der Waals surface area contributed by atoms with E-state index in [9.17, 15) is 4.79 Å². The summed E-state index contributed by atoms with van der Waals surface area (Å²) in [4.78, 5) is 11.6. The van der Waals surface area contributed by atoms with Crippen molar-refractivity contribution in [2.75, 3.05) is 13.1 Å². The Morgan fingerprint density at radius 1 is 1.29 bits per heavy atom. The van der Waals surface area contributed by atoms with Gasteiger partial charge < -0.3 is 10.6 Å². The first-order chi connectivity index (χ1) is 8.00. The Hall–Kier alpha value is -0.570. The van der Waals surface area contributed by atoms with E-state index in [2.05, 4.69) is 38.3 Å². The summed E-state index contributed by atoms with van der Waals surface area (Å²) in [6.45, 7) is 10.1. The monoisotopic (exact) mass is 240 g/mol. The molecule has 100 valence electrons. The van der Waals surface area contributed by atoms with Crippen LogP contribution >= 0.6 is 0 Å². The first-order valence-electron chi connectivity index (χ1n) is 7.00. The highest BCUT2D eigenvalue weighted by Crippen LogP contribution is 2.29. The lowest BCUT2D eigenvalue weighted by Crippen LogP contribution is -2.45. The summed E-state index contributed by atoms with van der Waals surface area (Å²) in [6, 6.07) is 0.517. The van der Waals surface area contributed by atoms with Crippen LogP contribution < -0.4 is 10.6 Å². The Morgan fingerprint density at radius 3 is 2.65 bits per heavy atom. The van der Waals surface area contributed by atoms with E-state index < -0.39 is 0 Å². The summed E-state index contributed by atoms with van der Waals surface area (Å²) in [6.07, 6.45) is 3.83. The summed E-state index contributed by atoms with van der Waals surface area (Å²) in [5, 5.41) is 6.36. The van der Waals surface area contributed by atoms with Gasteiger partial charge >= 0.3 is 0 Å². The number of hydrogen-bond acceptors (Lipinski definition) is 2. The largest absolute Gasteiger partial charge is 0.355 e. The number of amides is 1. The molecule has 1 saturated carbocycles. The maximum atomic E-state index is 11.6. The third-order valence-electron chi connectivity index (χ3n) is 3.94. The second-order valence-electron chi connectivity index (χ2n) is 5.95. The topological polar surface area (TPSA) is 41.1 Å². The minimum atomic E-state index is 0.129. The van der Waals surface area contributed by atoms with Crippen LogP contribution in [0.1, 0.15) is 47.0 Å². The molecule has 0 spiro atoms. The standard InChI is InChI=1S/C14H28N2O/c1-10(2)8-16-14(17)9-15-13-7-5-6-11(3)12(13)4/h10-13,15H,5-9H2,1-4H3,(H,16,17). The molecule has 3 nitrogen and oxygen atoms in total. The van der Waals surface area contributed by atoms with Crippen LogP contribution in [0.4, 0.5) is 0 Å². The molecule has 0 bridgehead atoms. The Bertz CT molecular complexity index is 240. The maximum absolute atomic E-state index is 11.6. The smallest absolute Gasteiger partial charge is 0.233 e. The molecule has 0 radical (unpaired) electrons. The molecule has 0 aromatic carbocycles. The van der Waals surface area contributed by atoms with E-state index in [4.69, 9.17) is 0 Å². The van der Waals surface area contributed by atoms with Gasteiger partial charge in [-0.2, -0.15) is 0 Å². The fourth-order valence-electron chi connectivity index (χ4n) is 2.47. The third-order valence-corrected chi connectivity index (χ3v) is 3.94. The van der Waals surface area contributed by atoms with Crippen molar-refractivity contribution in [1.82, 2.24) is 10.6 Å². The van der Waals surface area contributed by atoms with Crippen molar-refractivity contribution in [3.63, 3.8) is 0 Å². The molecule has 0 heterocycles. The number of carbonyl (C=O) groups excluding carboxylic acids is 1. The van der Waals surface area contributed by atoms with Crippen molar-refractivity contribution in [3.8, 4) is 0 Å². The zero-order chi connectivity index (χ0) is 12.8. The molecule has 0 saturated heterocycles. The molecule has 0 aromatic heterocycles. The van der Waals surface area contributed by atoms with E-state index in [1.54, 1.807) is 0 Å². The summed E-state index contributed by atoms with van der Waals surface area (Å²) in [7, 11) is 0. The van der Waals surface area contributed by atoms with Gasteiger partial charge in [-0.3, -0.25) is 4.79 Å². The van der Waals surface area contributed by atoms with Crippen molar-refractivity contribution < 1.29 is 4.79 Å². The Kier molecular flexibility index (Phi) is 5.96. The van der Waals surface area contributed by atoms with Crippen LogP contribution in [0.5, 0.6) is 0 Å². The molecule has 3 atom stereocenters. The maximum Gasteiger partial charge on any atom is 0.233 e. The van der Waals surface area contributed by atoms with E-state index in [0.717, 1.165) is 12.5 Å². The number of carbonyl (C=O) groups is 1. The summed E-state index contributed by atoms with van der Waals surface area (Å²) in [5.74, 6) is 2.11. The quantitative estimate of drug-likeness (QED) is 0.773. The second kappa shape index (κ2) is 7.00. The van der Waals surface area contributed by atoms with Gasteiger partial charge in [0.05, 0.1) is 6.54 Å². The van der Waals surface area contributed by atoms with Crippen molar-refractivity contribution in [2.45, 2.75) is 53.0 Å². The molecule has 1 fully saturated rings. The molecular weight excluding hydrogens is 212 g/mol. The van der Waals surface area contributed by atoms with Crippen LogP contribution in [0.2, 0.25) is 0 Å². The van der Waals surface area contributed by atoms with Crippen LogP contribution in [0, 0.1) is 17.8 Å². The molecule has 0 aliphatic heterocycles. The summed E-state index contributed by atoms with van der Waals surface area (Å²) < 4.78 is 0. The zero-order valence-electron chi connectivity index (χ0n) is 11.8. The lowest BCUT2D eigenvalue weighted by molar-refractivity contribution is -0.120. The molecule has 17 heavy (non-hydrogen) atoms. The number of rotatable bonds is 5. The van der Waals surface area contributed by atoms with E-state index in [1.165, 1.54) is 19.3 Å². The first-order valence-corrected chi connectivity index (χ1v) is 7.00. The lowest BCUT2D eigenvalue weighted by Gasteiger charge is -2.34. The number of nitrogens with one attached hydrogen (secondary N) is 2. The third kappa shape index (κ3) is 5.07. The van der Waals surface area contributed by atoms with Crippen LogP contribution in [0.15, 0.2) is 0 Å². The van der Waals surface area contributed by atoms with Gasteiger partial charge in [0.25, 0.3) is 0 Å². The van der Waals surface area contributed by atoms with Crippen molar-refractivity contribution >= 4 is 5.91 Å². The van der Waals surface area contributed by atoms with Crippen molar-refractivity contribution in [3.05, 3.63) is 0 Å². The van der Waals surface area contributed by atoms with Gasteiger partial charge in [-0.1, -0.05) is 40.5 Å². The van der Waals surface area contributed by atoms with Crippen LogP contribution in [-0.4, -0.2) is 25.0 Å². The van der Waals surface area contributed by atoms with Gasteiger partial charge in [0, 0.05) is 12.6 Å². The molecule has 3 heteroatoms. The highest BCUT2D eigenvalue weighted by atomic mass is 16.1. The Labute approximate surface area is 106 Å². The van der Waals surface area contributed by atoms with Crippen LogP contribution in [0.25, 0.3) is 0 Å². The van der Waals surface area contributed by atoms with E-state index in [0.29, 0.717) is 24.4 Å². The zero-order valence-corrected chi connectivity index (χ0v) is 11.8. The minimum absolute atomic E-state index is 0.129. The molecule has 2 N–H and O–H groups in total. The van der Waals surface area contributed by atoms with Crippen LogP contribution in [-0.2, 0) is 4.79 Å². The van der Waals surface area contributed by atoms with Gasteiger partial charge in [-0.05, 0) is 24.2 Å². The van der Waals surface area contributed by atoms with Gasteiger partial charge in [-0.15, -0.1) is 0 Å². The number of hydrogen-bond donors (Lipinski definition) is 2. The molecule has 1 aliphatic rings. The summed E-state index contributed by atoms with van der Waals surface area (Å²) >= 11 is 0. The fraction of sp³-hybridized carbons (Fsp3) is 0.929. The van der Waals surface area contributed by atoms with Gasteiger partial charge in [0.1, 0.15) is 0 Å². The van der Waals surface area contributed by atoms with E-state index in [-0.39, 0.29) is 5.91 Å². The molecular formula is C14H28N2O. The highest BCUT2D eigenvalue weighted by Gasteiger charge is 2.26. The fourth-order valence-corrected chi connectivity index (χ4v) is 2.47. The minimum Gasteiger partial charge on any atom is -0.355 e. The van der Waals surface area contributed by atoms with Gasteiger partial charge in [0.2, 0.25) is 5.91 Å². The van der Waals surface area contributed by atoms with E-state index >= 15 is 0 Å². The lowest BCUT2D eigenvalue weighted by atomic mass is 9.78. The summed E-state index contributed by atoms with van der Waals surface area (Å²) in [5.41, 5.74) is 0. The van der Waals surface area contributed by atoms with Crippen molar-refractivity contribution in [1.29, 1.82) is 0 Å². The predicted molar refractivity (Wildman–Crippen MR) is 71.8 cm³/mol.